The summed E-state index contributed by atoms with van der Waals surface area (Å²) >= 11 is 13.6. The van der Waals surface area contributed by atoms with Crippen molar-refractivity contribution in [3.05, 3.63) is 50.4 Å². The van der Waals surface area contributed by atoms with Crippen LogP contribution in [0.3, 0.4) is 0 Å². The van der Waals surface area contributed by atoms with Crippen molar-refractivity contribution in [1.29, 1.82) is 0 Å². The molecule has 1 atom stereocenters. The van der Waals surface area contributed by atoms with E-state index in [0.717, 1.165) is 17.7 Å². The van der Waals surface area contributed by atoms with E-state index in [2.05, 4.69) is 10.3 Å². The first-order valence-corrected chi connectivity index (χ1v) is 6.90. The Bertz CT molecular complexity index is 485. The van der Waals surface area contributed by atoms with Crippen molar-refractivity contribution in [3.63, 3.8) is 0 Å². The fraction of sp³-hybridized carbons (Fsp3) is 0.250. The fourth-order valence-electron chi connectivity index (χ4n) is 1.66. The summed E-state index contributed by atoms with van der Waals surface area (Å²) in [6, 6.07) is 5.77. The summed E-state index contributed by atoms with van der Waals surface area (Å²) in [5.41, 5.74) is 3.95. The molecule has 0 spiro atoms. The molecule has 0 saturated carbocycles. The Morgan fingerprint density at radius 3 is 2.82 bits per heavy atom. The van der Waals surface area contributed by atoms with Crippen LogP contribution in [0.1, 0.15) is 17.3 Å². The number of halogens is 2. The molecule has 2 nitrogen and oxygen atoms in total. The predicted molar refractivity (Wildman–Crippen MR) is 74.1 cm³/mol. The smallest absolute Gasteiger partial charge is 0.0795 e. The average Bonchev–Trinajstić information content (AvgIpc) is 2.81. The number of likely N-dealkylation sites (N-methyl/N-ethyl adjacent to an activating group) is 1. The minimum absolute atomic E-state index is 0.180. The summed E-state index contributed by atoms with van der Waals surface area (Å²) in [4.78, 5) is 4.32. The van der Waals surface area contributed by atoms with Gasteiger partial charge in [-0.3, -0.25) is 0 Å². The average molecular weight is 287 g/mol. The monoisotopic (exact) mass is 286 g/mol. The maximum atomic E-state index is 6.16. The van der Waals surface area contributed by atoms with Gasteiger partial charge < -0.3 is 5.32 Å². The van der Waals surface area contributed by atoms with Crippen molar-refractivity contribution in [2.45, 2.75) is 12.5 Å². The van der Waals surface area contributed by atoms with E-state index in [1.54, 1.807) is 17.4 Å². The fourth-order valence-corrected chi connectivity index (χ4v) is 2.75. The van der Waals surface area contributed by atoms with Crippen LogP contribution >= 0.6 is 34.5 Å². The summed E-state index contributed by atoms with van der Waals surface area (Å²) in [7, 11) is 1.92. The van der Waals surface area contributed by atoms with Crippen molar-refractivity contribution < 1.29 is 0 Å². The number of benzene rings is 1. The van der Waals surface area contributed by atoms with E-state index in [0.29, 0.717) is 10.0 Å². The lowest BCUT2D eigenvalue weighted by molar-refractivity contribution is 0.579. The maximum absolute atomic E-state index is 6.16. The van der Waals surface area contributed by atoms with Gasteiger partial charge in [0.25, 0.3) is 0 Å². The van der Waals surface area contributed by atoms with Crippen LogP contribution in [0.25, 0.3) is 0 Å². The number of hydrogen-bond acceptors (Lipinski definition) is 3. The zero-order valence-corrected chi connectivity index (χ0v) is 11.6. The van der Waals surface area contributed by atoms with Crippen LogP contribution in [-0.2, 0) is 6.42 Å². The molecule has 0 amide bonds. The zero-order chi connectivity index (χ0) is 12.3. The second-order valence-corrected chi connectivity index (χ2v) is 5.26. The Kier molecular flexibility index (Phi) is 4.40. The molecule has 0 fully saturated rings. The molecule has 0 saturated heterocycles. The van der Waals surface area contributed by atoms with Gasteiger partial charge in [0.15, 0.2) is 0 Å². The van der Waals surface area contributed by atoms with Crippen LogP contribution in [0.5, 0.6) is 0 Å². The number of nitrogens with zero attached hydrogens (tertiary/aromatic N) is 1. The number of hydrogen-bond donors (Lipinski definition) is 1. The van der Waals surface area contributed by atoms with Gasteiger partial charge in [-0.25, -0.2) is 4.98 Å². The van der Waals surface area contributed by atoms with Crippen molar-refractivity contribution in [3.8, 4) is 0 Å². The standard InChI is InChI=1S/C12H12Cl2N2S/c1-15-11(12-6-17-7-16-12)4-8-2-3-9(13)5-10(8)14/h2-3,5-7,11,15H,4H2,1H3. The molecule has 1 unspecified atom stereocenters. The molecule has 17 heavy (non-hydrogen) atoms. The second-order valence-electron chi connectivity index (χ2n) is 3.69. The van der Waals surface area contributed by atoms with Crippen LogP contribution in [0.4, 0.5) is 0 Å². The topological polar surface area (TPSA) is 24.9 Å². The lowest BCUT2D eigenvalue weighted by Gasteiger charge is -2.14. The third-order valence-corrected chi connectivity index (χ3v) is 3.79. The minimum Gasteiger partial charge on any atom is -0.311 e. The molecule has 0 aliphatic rings. The summed E-state index contributed by atoms with van der Waals surface area (Å²) < 4.78 is 0. The van der Waals surface area contributed by atoms with Crippen molar-refractivity contribution in [2.24, 2.45) is 0 Å². The third-order valence-electron chi connectivity index (χ3n) is 2.60. The molecular weight excluding hydrogens is 275 g/mol. The minimum atomic E-state index is 0.180. The van der Waals surface area contributed by atoms with Gasteiger partial charge in [-0.2, -0.15) is 0 Å². The zero-order valence-electron chi connectivity index (χ0n) is 9.28. The molecular formula is C12H12Cl2N2S. The largest absolute Gasteiger partial charge is 0.311 e. The van der Waals surface area contributed by atoms with Crippen LogP contribution < -0.4 is 5.32 Å². The highest BCUT2D eigenvalue weighted by Gasteiger charge is 2.13. The predicted octanol–water partition coefficient (Wildman–Crippen LogP) is 3.95. The lowest BCUT2D eigenvalue weighted by Crippen LogP contribution is -2.19. The molecule has 1 N–H and O–H groups in total. The van der Waals surface area contributed by atoms with Gasteiger partial charge in [-0.05, 0) is 31.2 Å². The number of rotatable bonds is 4. The van der Waals surface area contributed by atoms with Crippen LogP contribution in [0, 0.1) is 0 Å². The summed E-state index contributed by atoms with van der Waals surface area (Å²) in [6.07, 6.45) is 0.802. The van der Waals surface area contributed by atoms with Crippen molar-refractivity contribution in [2.75, 3.05) is 7.05 Å². The highest BCUT2D eigenvalue weighted by atomic mass is 35.5. The van der Waals surface area contributed by atoms with E-state index < -0.39 is 0 Å². The van der Waals surface area contributed by atoms with Gasteiger partial charge in [-0.15, -0.1) is 11.3 Å². The normalized spacial score (nSPS) is 12.6. The van der Waals surface area contributed by atoms with Gasteiger partial charge in [0, 0.05) is 15.4 Å². The lowest BCUT2D eigenvalue weighted by atomic mass is 10.0. The highest BCUT2D eigenvalue weighted by molar-refractivity contribution is 7.07. The Hall–Kier alpha value is -0.610. The van der Waals surface area contributed by atoms with Crippen LogP contribution in [-0.4, -0.2) is 12.0 Å². The summed E-state index contributed by atoms with van der Waals surface area (Å²) in [5.74, 6) is 0. The van der Waals surface area contributed by atoms with E-state index in [4.69, 9.17) is 23.2 Å². The Balaban J connectivity index is 2.19. The Morgan fingerprint density at radius 2 is 2.24 bits per heavy atom. The first kappa shape index (κ1) is 12.8. The molecule has 0 radical (unpaired) electrons. The quantitative estimate of drug-likeness (QED) is 0.921. The maximum Gasteiger partial charge on any atom is 0.0795 e. The second kappa shape index (κ2) is 5.83. The number of nitrogens with one attached hydrogen (secondary N) is 1. The molecule has 2 rings (SSSR count). The van der Waals surface area contributed by atoms with Crippen molar-refractivity contribution >= 4 is 34.5 Å². The SMILES string of the molecule is CNC(Cc1ccc(Cl)cc1Cl)c1cscn1. The Morgan fingerprint density at radius 1 is 1.41 bits per heavy atom. The number of aromatic nitrogens is 1. The van der Waals surface area contributed by atoms with Gasteiger partial charge in [0.05, 0.1) is 17.2 Å². The molecule has 1 aromatic carbocycles. The van der Waals surface area contributed by atoms with E-state index in [1.807, 2.05) is 30.1 Å². The molecule has 90 valence electrons. The van der Waals surface area contributed by atoms with E-state index in [9.17, 15) is 0 Å². The molecule has 1 heterocycles. The molecule has 5 heteroatoms. The molecule has 2 aromatic rings. The third kappa shape index (κ3) is 3.19. The van der Waals surface area contributed by atoms with Crippen molar-refractivity contribution in [1.82, 2.24) is 10.3 Å². The van der Waals surface area contributed by atoms with Crippen LogP contribution in [0.15, 0.2) is 29.1 Å². The highest BCUT2D eigenvalue weighted by Crippen LogP contribution is 2.25. The Labute approximate surface area is 115 Å². The summed E-state index contributed by atoms with van der Waals surface area (Å²) in [5, 5.41) is 6.66. The van der Waals surface area contributed by atoms with Gasteiger partial charge >= 0.3 is 0 Å². The first-order chi connectivity index (χ1) is 8.20. The van der Waals surface area contributed by atoms with Gasteiger partial charge in [0.2, 0.25) is 0 Å². The van der Waals surface area contributed by atoms with Gasteiger partial charge in [-0.1, -0.05) is 29.3 Å². The number of thiazole rings is 1. The van der Waals surface area contributed by atoms with E-state index in [1.165, 1.54) is 0 Å². The first-order valence-electron chi connectivity index (χ1n) is 5.20. The molecule has 0 aliphatic heterocycles. The van der Waals surface area contributed by atoms with Gasteiger partial charge in [0.1, 0.15) is 0 Å². The van der Waals surface area contributed by atoms with Crippen LogP contribution in [0.2, 0.25) is 10.0 Å². The molecule has 0 bridgehead atoms. The van der Waals surface area contributed by atoms with E-state index in [-0.39, 0.29) is 6.04 Å². The molecule has 0 aliphatic carbocycles. The molecule has 1 aromatic heterocycles. The summed E-state index contributed by atoms with van der Waals surface area (Å²) in [6.45, 7) is 0. The van der Waals surface area contributed by atoms with E-state index >= 15 is 0 Å².